The van der Waals surface area contributed by atoms with Gasteiger partial charge in [-0.1, -0.05) is 73.5 Å². The molecule has 182 valence electrons. The number of carboxylic acid groups (broad SMARTS) is 2. The first-order valence-electron chi connectivity index (χ1n) is 11.0. The fourth-order valence-corrected chi connectivity index (χ4v) is 3.19. The topological polar surface area (TPSA) is 128 Å². The zero-order valence-corrected chi connectivity index (χ0v) is 19.0. The van der Waals surface area contributed by atoms with Crippen molar-refractivity contribution < 1.29 is 34.8 Å². The summed E-state index contributed by atoms with van der Waals surface area (Å²) in [6, 6.07) is 20.8. The summed E-state index contributed by atoms with van der Waals surface area (Å²) in [5, 5.41) is 33.1. The first-order chi connectivity index (χ1) is 15.8. The van der Waals surface area contributed by atoms with E-state index in [1.165, 1.54) is 11.1 Å². The maximum absolute atomic E-state index is 9.43. The number of hydrogen-bond donors (Lipinski definition) is 4. The van der Waals surface area contributed by atoms with Crippen LogP contribution in [0.5, 0.6) is 0 Å². The van der Waals surface area contributed by atoms with Crippen LogP contribution in [0.25, 0.3) is 0 Å². The molecule has 8 heteroatoms. The van der Waals surface area contributed by atoms with Crippen molar-refractivity contribution in [3.05, 3.63) is 71.8 Å². The normalized spacial score (nSPS) is 11.7. The van der Waals surface area contributed by atoms with Crippen molar-refractivity contribution >= 4 is 11.9 Å². The van der Waals surface area contributed by atoms with Gasteiger partial charge in [-0.05, 0) is 37.6 Å². The monoisotopic (exact) mass is 461 g/mol. The Balaban J connectivity index is 0.000000801. The lowest BCUT2D eigenvalue weighted by Crippen LogP contribution is -2.32. The Hall–Kier alpha value is -2.78. The Kier molecular flexibility index (Phi) is 14.4. The van der Waals surface area contributed by atoms with Crippen LogP contribution in [0.1, 0.15) is 42.9 Å². The second-order valence-corrected chi connectivity index (χ2v) is 7.70. The molecular formula is C25H35NO7. The number of carboxylic acids is 2. The second kappa shape index (κ2) is 16.8. The largest absolute Gasteiger partial charge is 0.473 e. The fraction of sp³-hybridized carbons (Fsp3) is 0.440. The van der Waals surface area contributed by atoms with Crippen LogP contribution < -0.4 is 0 Å². The number of carbonyl (C=O) groups is 2. The van der Waals surface area contributed by atoms with E-state index >= 15 is 0 Å². The van der Waals surface area contributed by atoms with E-state index in [2.05, 4.69) is 53.4 Å². The average Bonchev–Trinajstić information content (AvgIpc) is 2.82. The van der Waals surface area contributed by atoms with Crippen LogP contribution in [0.15, 0.2) is 60.7 Å². The SMILES string of the molecule is CN(CCCCCCOC(c1ccccc1)c1ccccc1)CC(O)CO.O=C(O)C(=O)O. The number of aliphatic carboxylic acids is 2. The molecule has 1 unspecified atom stereocenters. The lowest BCUT2D eigenvalue weighted by atomic mass is 10.0. The number of hydrogen-bond acceptors (Lipinski definition) is 6. The molecule has 0 saturated heterocycles. The van der Waals surface area contributed by atoms with Gasteiger partial charge in [0.2, 0.25) is 0 Å². The molecule has 0 bridgehead atoms. The van der Waals surface area contributed by atoms with Gasteiger partial charge in [-0.25, -0.2) is 9.59 Å². The van der Waals surface area contributed by atoms with Gasteiger partial charge in [0.25, 0.3) is 0 Å². The van der Waals surface area contributed by atoms with Crippen LogP contribution in [0.4, 0.5) is 0 Å². The molecule has 2 rings (SSSR count). The number of aliphatic hydroxyl groups excluding tert-OH is 2. The second-order valence-electron chi connectivity index (χ2n) is 7.70. The van der Waals surface area contributed by atoms with E-state index in [4.69, 9.17) is 29.6 Å². The third-order valence-electron chi connectivity index (χ3n) is 4.84. The van der Waals surface area contributed by atoms with Gasteiger partial charge in [-0.2, -0.15) is 0 Å². The third-order valence-corrected chi connectivity index (χ3v) is 4.84. The zero-order valence-electron chi connectivity index (χ0n) is 19.0. The molecule has 0 fully saturated rings. The standard InChI is InChI=1S/C23H33NO3.C2H2O4/c1-24(18-22(26)19-25)16-10-2-3-11-17-27-23(20-12-6-4-7-13-20)21-14-8-5-9-15-21;3-1(4)2(5)6/h4-9,12-15,22-23,25-26H,2-3,10-11,16-19H2,1H3;(H,3,4)(H,5,6). The number of aliphatic hydroxyl groups is 2. The molecule has 0 saturated carbocycles. The summed E-state index contributed by atoms with van der Waals surface area (Å²) in [4.78, 5) is 20.3. The molecule has 1 atom stereocenters. The first kappa shape index (κ1) is 28.3. The minimum atomic E-state index is -1.82. The molecule has 2 aromatic carbocycles. The van der Waals surface area contributed by atoms with Gasteiger partial charge in [0, 0.05) is 13.2 Å². The van der Waals surface area contributed by atoms with Crippen LogP contribution in [-0.4, -0.2) is 76.7 Å². The average molecular weight is 462 g/mol. The molecule has 0 heterocycles. The van der Waals surface area contributed by atoms with Gasteiger partial charge in [0.1, 0.15) is 6.10 Å². The van der Waals surface area contributed by atoms with Crippen molar-refractivity contribution in [3.8, 4) is 0 Å². The number of ether oxygens (including phenoxy) is 1. The Bertz CT molecular complexity index is 734. The molecular weight excluding hydrogens is 426 g/mol. The van der Waals surface area contributed by atoms with Gasteiger partial charge in [0.05, 0.1) is 12.7 Å². The highest BCUT2D eigenvalue weighted by molar-refractivity contribution is 6.27. The van der Waals surface area contributed by atoms with E-state index in [1.54, 1.807) is 0 Å². The van der Waals surface area contributed by atoms with Gasteiger partial charge in [0.15, 0.2) is 0 Å². The fourth-order valence-electron chi connectivity index (χ4n) is 3.19. The Labute approximate surface area is 195 Å². The minimum Gasteiger partial charge on any atom is -0.473 e. The number of nitrogens with zero attached hydrogens (tertiary/aromatic N) is 1. The van der Waals surface area contributed by atoms with Crippen molar-refractivity contribution in [1.82, 2.24) is 4.90 Å². The quantitative estimate of drug-likeness (QED) is 0.265. The summed E-state index contributed by atoms with van der Waals surface area (Å²) < 4.78 is 6.24. The van der Waals surface area contributed by atoms with Gasteiger partial charge in [-0.3, -0.25) is 0 Å². The van der Waals surface area contributed by atoms with E-state index in [1.807, 2.05) is 19.2 Å². The van der Waals surface area contributed by atoms with Crippen molar-refractivity contribution in [2.75, 3.05) is 33.4 Å². The minimum absolute atomic E-state index is 0.0153. The third kappa shape index (κ3) is 12.7. The molecule has 2 aromatic rings. The summed E-state index contributed by atoms with van der Waals surface area (Å²) >= 11 is 0. The maximum atomic E-state index is 9.43. The molecule has 0 aliphatic rings. The summed E-state index contributed by atoms with van der Waals surface area (Å²) in [5.41, 5.74) is 2.38. The van der Waals surface area contributed by atoms with E-state index in [0.29, 0.717) is 6.54 Å². The molecule has 0 amide bonds. The lowest BCUT2D eigenvalue weighted by molar-refractivity contribution is -0.159. The highest BCUT2D eigenvalue weighted by Crippen LogP contribution is 2.26. The molecule has 0 spiro atoms. The Morgan fingerprint density at radius 1 is 0.848 bits per heavy atom. The molecule has 33 heavy (non-hydrogen) atoms. The van der Waals surface area contributed by atoms with Gasteiger partial charge < -0.3 is 30.1 Å². The maximum Gasteiger partial charge on any atom is 0.414 e. The van der Waals surface area contributed by atoms with Crippen molar-refractivity contribution in [2.45, 2.75) is 37.9 Å². The van der Waals surface area contributed by atoms with E-state index in [-0.39, 0.29) is 12.7 Å². The van der Waals surface area contributed by atoms with E-state index in [9.17, 15) is 5.11 Å². The summed E-state index contributed by atoms with van der Waals surface area (Å²) in [5.74, 6) is -3.65. The molecule has 0 radical (unpaired) electrons. The Morgan fingerprint density at radius 2 is 1.33 bits per heavy atom. The summed E-state index contributed by atoms with van der Waals surface area (Å²) in [6.45, 7) is 2.03. The number of likely N-dealkylation sites (N-methyl/N-ethyl adjacent to an activating group) is 1. The molecule has 8 nitrogen and oxygen atoms in total. The molecule has 0 aliphatic carbocycles. The van der Waals surface area contributed by atoms with Crippen molar-refractivity contribution in [2.24, 2.45) is 0 Å². The highest BCUT2D eigenvalue weighted by atomic mass is 16.5. The summed E-state index contributed by atoms with van der Waals surface area (Å²) in [6.07, 6.45) is 3.75. The lowest BCUT2D eigenvalue weighted by Gasteiger charge is -2.20. The highest BCUT2D eigenvalue weighted by Gasteiger charge is 2.14. The van der Waals surface area contributed by atoms with Crippen LogP contribution >= 0.6 is 0 Å². The van der Waals surface area contributed by atoms with E-state index in [0.717, 1.165) is 38.8 Å². The van der Waals surface area contributed by atoms with Crippen molar-refractivity contribution in [3.63, 3.8) is 0 Å². The predicted molar refractivity (Wildman–Crippen MR) is 125 cm³/mol. The molecule has 0 aromatic heterocycles. The smallest absolute Gasteiger partial charge is 0.414 e. The van der Waals surface area contributed by atoms with Crippen LogP contribution in [0.2, 0.25) is 0 Å². The number of benzene rings is 2. The molecule has 4 N–H and O–H groups in total. The van der Waals surface area contributed by atoms with Crippen molar-refractivity contribution in [1.29, 1.82) is 0 Å². The first-order valence-corrected chi connectivity index (χ1v) is 11.0. The van der Waals surface area contributed by atoms with Crippen LogP contribution in [0.3, 0.4) is 0 Å². The van der Waals surface area contributed by atoms with Gasteiger partial charge in [-0.15, -0.1) is 0 Å². The van der Waals surface area contributed by atoms with Crippen LogP contribution in [-0.2, 0) is 14.3 Å². The van der Waals surface area contributed by atoms with Crippen LogP contribution in [0, 0.1) is 0 Å². The predicted octanol–water partition coefficient (Wildman–Crippen LogP) is 2.79. The molecule has 0 aliphatic heterocycles. The number of unbranched alkanes of at least 4 members (excludes halogenated alkanes) is 3. The van der Waals surface area contributed by atoms with E-state index < -0.39 is 18.0 Å². The van der Waals surface area contributed by atoms with Gasteiger partial charge >= 0.3 is 11.9 Å². The number of rotatable bonds is 13. The zero-order chi connectivity index (χ0) is 24.5. The summed E-state index contributed by atoms with van der Waals surface area (Å²) in [7, 11) is 1.98. The Morgan fingerprint density at radius 3 is 1.79 bits per heavy atom.